The van der Waals surface area contributed by atoms with Gasteiger partial charge in [0.25, 0.3) is 0 Å². The number of rotatable bonds is 6. The van der Waals surface area contributed by atoms with Crippen LogP contribution in [0.25, 0.3) is 11.3 Å². The molecule has 5 rings (SSSR count). The number of halogens is 2. The molecule has 1 unspecified atom stereocenters. The molecule has 0 bridgehead atoms. The molecule has 0 amide bonds. The largest absolute Gasteiger partial charge is 0.497 e. The van der Waals surface area contributed by atoms with Gasteiger partial charge in [-0.3, -0.25) is 0 Å². The number of hydrogen-bond donors (Lipinski definition) is 0. The molecule has 2 heterocycles. The average molecular weight is 601 g/mol. The molecule has 0 spiro atoms. The van der Waals surface area contributed by atoms with Gasteiger partial charge in [-0.15, -0.1) is 28.3 Å². The van der Waals surface area contributed by atoms with Crippen LogP contribution in [0.2, 0.25) is 0 Å². The van der Waals surface area contributed by atoms with Crippen molar-refractivity contribution in [3.63, 3.8) is 0 Å². The summed E-state index contributed by atoms with van der Waals surface area (Å²) in [6, 6.07) is 24.5. The normalized spacial score (nSPS) is 15.0. The van der Waals surface area contributed by atoms with E-state index in [1.54, 1.807) is 25.6 Å². The van der Waals surface area contributed by atoms with E-state index in [2.05, 4.69) is 57.7 Å². The quantitative estimate of drug-likeness (QED) is 0.230. The highest BCUT2D eigenvalue weighted by atomic mass is 79.9. The van der Waals surface area contributed by atoms with Crippen LogP contribution in [0.1, 0.15) is 23.6 Å². The molecule has 1 aliphatic heterocycles. The van der Waals surface area contributed by atoms with Crippen LogP contribution in [0.4, 0.5) is 5.13 Å². The Labute approximate surface area is 222 Å². The zero-order valence-electron chi connectivity index (χ0n) is 18.6. The van der Waals surface area contributed by atoms with Crippen LogP contribution in [-0.2, 0) is 0 Å². The second-order valence-corrected chi connectivity index (χ2v) is 9.39. The summed E-state index contributed by atoms with van der Waals surface area (Å²) in [5.74, 6) is 1.67. The smallest absolute Gasteiger partial charge is 0.207 e. The monoisotopic (exact) mass is 599 g/mol. The lowest BCUT2D eigenvalue weighted by Gasteiger charge is -2.21. The lowest BCUT2D eigenvalue weighted by atomic mass is 9.98. The molecule has 34 heavy (non-hydrogen) atoms. The van der Waals surface area contributed by atoms with Gasteiger partial charge in [-0.2, -0.15) is 5.10 Å². The number of benzene rings is 3. The molecule has 0 saturated carbocycles. The van der Waals surface area contributed by atoms with Crippen molar-refractivity contribution in [1.82, 2.24) is 4.98 Å². The molecule has 0 fully saturated rings. The van der Waals surface area contributed by atoms with Crippen molar-refractivity contribution in [3.8, 4) is 22.8 Å². The van der Waals surface area contributed by atoms with Gasteiger partial charge < -0.3 is 9.47 Å². The molecule has 0 aliphatic carbocycles. The molecule has 3 aromatic carbocycles. The first-order valence-electron chi connectivity index (χ1n) is 10.5. The van der Waals surface area contributed by atoms with Crippen LogP contribution in [0, 0.1) is 0 Å². The summed E-state index contributed by atoms with van der Waals surface area (Å²) >= 11 is 5.10. The second-order valence-electron chi connectivity index (χ2n) is 7.64. The zero-order valence-corrected chi connectivity index (χ0v) is 22.8. The lowest BCUT2D eigenvalue weighted by molar-refractivity contribution is 0.414. The molecule has 4 aromatic rings. The Morgan fingerprint density at radius 2 is 1.44 bits per heavy atom. The van der Waals surface area contributed by atoms with Gasteiger partial charge in [0.1, 0.15) is 11.5 Å². The highest BCUT2D eigenvalue weighted by molar-refractivity contribution is 9.10. The number of nitrogens with zero attached hydrogens (tertiary/aromatic N) is 3. The molecule has 1 atom stereocenters. The van der Waals surface area contributed by atoms with Crippen LogP contribution in [0.3, 0.4) is 0 Å². The zero-order chi connectivity index (χ0) is 22.8. The van der Waals surface area contributed by atoms with E-state index < -0.39 is 0 Å². The number of aromatic nitrogens is 1. The van der Waals surface area contributed by atoms with Crippen LogP contribution in [-0.4, -0.2) is 24.9 Å². The molecule has 0 radical (unpaired) electrons. The maximum Gasteiger partial charge on any atom is 0.207 e. The van der Waals surface area contributed by atoms with E-state index >= 15 is 0 Å². The number of ether oxygens (including phenoxy) is 2. The predicted molar refractivity (Wildman–Crippen MR) is 148 cm³/mol. The van der Waals surface area contributed by atoms with Gasteiger partial charge in [0.05, 0.1) is 31.7 Å². The van der Waals surface area contributed by atoms with Crippen molar-refractivity contribution >= 4 is 55.1 Å². The summed E-state index contributed by atoms with van der Waals surface area (Å²) in [6.07, 6.45) is 0.784. The van der Waals surface area contributed by atoms with Gasteiger partial charge >= 0.3 is 0 Å². The molecular formula is C26H23Br2N3O2S. The van der Waals surface area contributed by atoms with Crippen molar-refractivity contribution in [3.05, 3.63) is 93.8 Å². The van der Waals surface area contributed by atoms with Crippen LogP contribution in [0.15, 0.2) is 87.8 Å². The van der Waals surface area contributed by atoms with E-state index in [9.17, 15) is 0 Å². The Hall–Kier alpha value is -2.68. The van der Waals surface area contributed by atoms with Gasteiger partial charge in [0, 0.05) is 21.8 Å². The van der Waals surface area contributed by atoms with E-state index in [4.69, 9.17) is 19.6 Å². The predicted octanol–water partition coefficient (Wildman–Crippen LogP) is 7.52. The minimum atomic E-state index is 0. The van der Waals surface area contributed by atoms with E-state index in [1.165, 1.54) is 5.56 Å². The van der Waals surface area contributed by atoms with Crippen molar-refractivity contribution in [2.75, 3.05) is 19.2 Å². The maximum absolute atomic E-state index is 5.35. The van der Waals surface area contributed by atoms with Crippen LogP contribution in [0.5, 0.6) is 11.5 Å². The third-order valence-corrected chi connectivity index (χ3v) is 7.02. The highest BCUT2D eigenvalue weighted by Gasteiger charge is 2.31. The van der Waals surface area contributed by atoms with Gasteiger partial charge in [0.2, 0.25) is 5.13 Å². The number of anilines is 1. The van der Waals surface area contributed by atoms with Crippen LogP contribution < -0.4 is 14.5 Å². The van der Waals surface area contributed by atoms with E-state index in [1.807, 2.05) is 41.4 Å². The van der Waals surface area contributed by atoms with Crippen LogP contribution >= 0.6 is 44.2 Å². The molecule has 5 nitrogen and oxygen atoms in total. The third-order valence-electron chi connectivity index (χ3n) is 5.66. The number of hydrogen-bond acceptors (Lipinski definition) is 6. The van der Waals surface area contributed by atoms with Gasteiger partial charge in [-0.05, 0) is 59.7 Å². The Kier molecular flexibility index (Phi) is 7.70. The summed E-state index contributed by atoms with van der Waals surface area (Å²) < 4.78 is 11.7. The Balaban J connectivity index is 0.00000274. The van der Waals surface area contributed by atoms with E-state index in [0.29, 0.717) is 0 Å². The minimum Gasteiger partial charge on any atom is -0.497 e. The fourth-order valence-corrected chi connectivity index (χ4v) is 4.95. The van der Waals surface area contributed by atoms with E-state index in [0.717, 1.165) is 50.1 Å². The Morgan fingerprint density at radius 1 is 0.853 bits per heavy atom. The third kappa shape index (κ3) is 5.04. The fourth-order valence-electron chi connectivity index (χ4n) is 3.85. The first-order valence-corrected chi connectivity index (χ1v) is 12.2. The number of thiazole rings is 1. The van der Waals surface area contributed by atoms with Gasteiger partial charge in [-0.1, -0.05) is 40.2 Å². The molecule has 8 heteroatoms. The molecule has 0 saturated heterocycles. The Morgan fingerprint density at radius 3 is 2.06 bits per heavy atom. The first-order chi connectivity index (χ1) is 16.1. The SMILES string of the molecule is Br.COc1ccc(C2=NN(c3nc(-c4ccc(Br)cc4)cs3)C(c3ccc(OC)cc3)C2)cc1. The van der Waals surface area contributed by atoms with Crippen molar-refractivity contribution in [2.45, 2.75) is 12.5 Å². The van der Waals surface area contributed by atoms with Gasteiger partial charge in [-0.25, -0.2) is 9.99 Å². The number of methoxy groups -OCH3 is 2. The summed E-state index contributed by atoms with van der Waals surface area (Å²) in [7, 11) is 3.36. The average Bonchev–Trinajstić information content (AvgIpc) is 3.52. The van der Waals surface area contributed by atoms with Crippen molar-refractivity contribution in [1.29, 1.82) is 0 Å². The molecule has 1 aromatic heterocycles. The lowest BCUT2D eigenvalue weighted by Crippen LogP contribution is -2.18. The molecular weight excluding hydrogens is 578 g/mol. The van der Waals surface area contributed by atoms with E-state index in [-0.39, 0.29) is 23.0 Å². The Bertz CT molecular complexity index is 1270. The standard InChI is InChI=1S/C26H22BrN3O2S.BrH/c1-31-21-11-5-17(6-12-21)23-15-25(19-7-13-22(32-2)14-8-19)30(29-23)26-28-24(16-33-26)18-3-9-20(27)10-4-18;/h3-14,16,25H,15H2,1-2H3;1H. The number of hydrazone groups is 1. The van der Waals surface area contributed by atoms with Gasteiger partial charge in [0.15, 0.2) is 0 Å². The highest BCUT2D eigenvalue weighted by Crippen LogP contribution is 2.40. The summed E-state index contributed by atoms with van der Waals surface area (Å²) in [4.78, 5) is 4.93. The first kappa shape index (κ1) is 24.4. The molecule has 1 aliphatic rings. The van der Waals surface area contributed by atoms with Crippen molar-refractivity contribution < 1.29 is 9.47 Å². The summed E-state index contributed by atoms with van der Waals surface area (Å²) in [5.41, 5.74) is 5.31. The fraction of sp³-hybridized carbons (Fsp3) is 0.154. The second kappa shape index (κ2) is 10.7. The molecule has 0 N–H and O–H groups in total. The topological polar surface area (TPSA) is 47.0 Å². The maximum atomic E-state index is 5.35. The summed E-state index contributed by atoms with van der Waals surface area (Å²) in [5, 5.41) is 10.0. The molecule has 174 valence electrons. The summed E-state index contributed by atoms with van der Waals surface area (Å²) in [6.45, 7) is 0. The minimum absolute atomic E-state index is 0. The van der Waals surface area contributed by atoms with Crippen molar-refractivity contribution in [2.24, 2.45) is 5.10 Å².